The van der Waals surface area contributed by atoms with Crippen LogP contribution in [0, 0.1) is 0 Å². The van der Waals surface area contributed by atoms with Gasteiger partial charge in [0.05, 0.1) is 23.7 Å². The number of aromatic nitrogens is 2. The third-order valence-electron chi connectivity index (χ3n) is 4.20. The van der Waals surface area contributed by atoms with Gasteiger partial charge in [0, 0.05) is 12.8 Å². The number of hydrogen-bond acceptors (Lipinski definition) is 6. The van der Waals surface area contributed by atoms with Gasteiger partial charge in [0.25, 0.3) is 11.5 Å². The minimum absolute atomic E-state index is 0.110. The first-order valence-electron chi connectivity index (χ1n) is 9.13. The summed E-state index contributed by atoms with van der Waals surface area (Å²) >= 11 is 0. The number of aromatic amines is 1. The monoisotopic (exact) mass is 395 g/mol. The predicted molar refractivity (Wildman–Crippen MR) is 108 cm³/mol. The summed E-state index contributed by atoms with van der Waals surface area (Å²) < 4.78 is 10.1. The fourth-order valence-electron chi connectivity index (χ4n) is 2.81. The molecule has 1 amide bonds. The number of nitrogens with one attached hydrogen (secondary N) is 2. The molecule has 0 aliphatic heterocycles. The molecule has 2 N–H and O–H groups in total. The number of esters is 1. The number of benzene rings is 2. The van der Waals surface area contributed by atoms with Gasteiger partial charge in [-0.2, -0.15) is 0 Å². The van der Waals surface area contributed by atoms with E-state index in [1.807, 2.05) is 6.07 Å². The van der Waals surface area contributed by atoms with E-state index >= 15 is 0 Å². The molecule has 0 aliphatic carbocycles. The number of ether oxygens (including phenoxy) is 2. The van der Waals surface area contributed by atoms with Crippen molar-refractivity contribution in [2.24, 2.45) is 0 Å². The zero-order valence-corrected chi connectivity index (χ0v) is 15.9. The molecule has 0 atom stereocenters. The lowest BCUT2D eigenvalue weighted by Crippen LogP contribution is -2.21. The number of rotatable bonds is 8. The highest BCUT2D eigenvalue weighted by atomic mass is 16.5. The van der Waals surface area contributed by atoms with Gasteiger partial charge in [-0.1, -0.05) is 24.3 Å². The van der Waals surface area contributed by atoms with Crippen LogP contribution >= 0.6 is 0 Å². The van der Waals surface area contributed by atoms with Crippen LogP contribution in [0.5, 0.6) is 5.75 Å². The number of H-pyrrole nitrogens is 1. The van der Waals surface area contributed by atoms with Crippen LogP contribution in [-0.4, -0.2) is 35.6 Å². The van der Waals surface area contributed by atoms with Crippen LogP contribution in [-0.2, 0) is 20.7 Å². The lowest BCUT2D eigenvalue weighted by molar-refractivity contribution is -0.147. The minimum Gasteiger partial charge on any atom is -0.495 e. The van der Waals surface area contributed by atoms with E-state index in [2.05, 4.69) is 15.3 Å². The second-order valence-electron chi connectivity index (χ2n) is 6.29. The van der Waals surface area contributed by atoms with E-state index in [9.17, 15) is 14.4 Å². The molecule has 3 rings (SSSR count). The van der Waals surface area contributed by atoms with Crippen molar-refractivity contribution in [2.45, 2.75) is 19.3 Å². The molecule has 0 radical (unpaired) electrons. The van der Waals surface area contributed by atoms with Crippen molar-refractivity contribution in [1.82, 2.24) is 9.97 Å². The van der Waals surface area contributed by atoms with Crippen LogP contribution in [0.1, 0.15) is 18.7 Å². The van der Waals surface area contributed by atoms with Gasteiger partial charge in [0.15, 0.2) is 6.61 Å². The molecule has 1 aromatic heterocycles. The highest BCUT2D eigenvalue weighted by molar-refractivity contribution is 5.94. The third-order valence-corrected chi connectivity index (χ3v) is 4.20. The van der Waals surface area contributed by atoms with Crippen LogP contribution in [0.3, 0.4) is 0 Å². The Morgan fingerprint density at radius 2 is 1.86 bits per heavy atom. The maximum absolute atomic E-state index is 12.0. The molecule has 8 heteroatoms. The topological polar surface area (TPSA) is 110 Å². The Kier molecular flexibility index (Phi) is 6.57. The summed E-state index contributed by atoms with van der Waals surface area (Å²) in [6, 6.07) is 14.0. The van der Waals surface area contributed by atoms with E-state index in [0.717, 1.165) is 0 Å². The van der Waals surface area contributed by atoms with Crippen molar-refractivity contribution in [1.29, 1.82) is 0 Å². The van der Waals surface area contributed by atoms with E-state index in [0.29, 0.717) is 41.0 Å². The molecule has 0 aliphatic rings. The maximum Gasteiger partial charge on any atom is 0.306 e. The average molecular weight is 395 g/mol. The summed E-state index contributed by atoms with van der Waals surface area (Å²) in [5.41, 5.74) is 0.908. The van der Waals surface area contributed by atoms with E-state index in [4.69, 9.17) is 9.47 Å². The number of nitrogens with zero attached hydrogens (tertiary/aromatic N) is 1. The van der Waals surface area contributed by atoms with Crippen molar-refractivity contribution in [3.63, 3.8) is 0 Å². The first kappa shape index (κ1) is 20.1. The Labute approximate surface area is 166 Å². The summed E-state index contributed by atoms with van der Waals surface area (Å²) in [6.07, 6.45) is 0.968. The number of amides is 1. The summed E-state index contributed by atoms with van der Waals surface area (Å²) in [6.45, 7) is -0.387. The highest BCUT2D eigenvalue weighted by Crippen LogP contribution is 2.22. The van der Waals surface area contributed by atoms with Crippen molar-refractivity contribution < 1.29 is 19.1 Å². The molecule has 0 saturated heterocycles. The molecule has 150 valence electrons. The summed E-state index contributed by atoms with van der Waals surface area (Å²) in [5, 5.41) is 3.16. The van der Waals surface area contributed by atoms with Crippen molar-refractivity contribution in [3.8, 4) is 5.75 Å². The molecule has 8 nitrogen and oxygen atoms in total. The second kappa shape index (κ2) is 9.50. The van der Waals surface area contributed by atoms with Gasteiger partial charge in [-0.05, 0) is 30.7 Å². The zero-order chi connectivity index (χ0) is 20.6. The maximum atomic E-state index is 12.0. The molecule has 0 spiro atoms. The average Bonchev–Trinajstić information content (AvgIpc) is 2.73. The molecule has 0 saturated carbocycles. The quantitative estimate of drug-likeness (QED) is 0.567. The first-order valence-corrected chi connectivity index (χ1v) is 9.13. The van der Waals surface area contributed by atoms with Gasteiger partial charge >= 0.3 is 5.97 Å². The van der Waals surface area contributed by atoms with Gasteiger partial charge in [-0.3, -0.25) is 14.4 Å². The summed E-state index contributed by atoms with van der Waals surface area (Å²) in [7, 11) is 1.50. The second-order valence-corrected chi connectivity index (χ2v) is 6.29. The van der Waals surface area contributed by atoms with E-state index in [1.54, 1.807) is 42.5 Å². The number of aryl methyl sites for hydroxylation is 1. The number of fused-ring (bicyclic) bond motifs is 1. The molecule has 2 aromatic carbocycles. The molecule has 1 heterocycles. The van der Waals surface area contributed by atoms with Gasteiger partial charge in [0.1, 0.15) is 11.6 Å². The summed E-state index contributed by atoms with van der Waals surface area (Å²) in [5.74, 6) is 0.0751. The molecule has 0 fully saturated rings. The Morgan fingerprint density at radius 3 is 2.69 bits per heavy atom. The van der Waals surface area contributed by atoms with Gasteiger partial charge in [0.2, 0.25) is 0 Å². The molecule has 29 heavy (non-hydrogen) atoms. The van der Waals surface area contributed by atoms with Crippen LogP contribution in [0.15, 0.2) is 53.3 Å². The number of carbonyl (C=O) groups is 2. The highest BCUT2D eigenvalue weighted by Gasteiger charge is 2.11. The number of carbonyl (C=O) groups excluding carboxylic acids is 2. The number of methoxy groups -OCH3 is 1. The molecule has 0 unspecified atom stereocenters. The molecule has 3 aromatic rings. The van der Waals surface area contributed by atoms with Crippen LogP contribution in [0.4, 0.5) is 5.69 Å². The SMILES string of the molecule is COc1ccccc1NC(=O)COC(=O)CCCc1nc2ccccc2c(=O)[nH]1. The number of anilines is 1. The van der Waals surface area contributed by atoms with Crippen LogP contribution in [0.25, 0.3) is 10.9 Å². The number of para-hydroxylation sites is 3. The minimum atomic E-state index is -0.497. The Hall–Kier alpha value is -3.68. The van der Waals surface area contributed by atoms with Crippen molar-refractivity contribution in [3.05, 3.63) is 64.7 Å². The smallest absolute Gasteiger partial charge is 0.306 e. The third kappa shape index (κ3) is 5.41. The summed E-state index contributed by atoms with van der Waals surface area (Å²) in [4.78, 5) is 43.0. The normalized spacial score (nSPS) is 10.5. The fraction of sp³-hybridized carbons (Fsp3) is 0.238. The van der Waals surface area contributed by atoms with Gasteiger partial charge < -0.3 is 19.8 Å². The van der Waals surface area contributed by atoms with Gasteiger partial charge in [-0.25, -0.2) is 4.98 Å². The number of hydrogen-bond donors (Lipinski definition) is 2. The van der Waals surface area contributed by atoms with E-state index in [1.165, 1.54) is 7.11 Å². The molecule has 0 bridgehead atoms. The first-order chi connectivity index (χ1) is 14.1. The van der Waals surface area contributed by atoms with Crippen LogP contribution in [0.2, 0.25) is 0 Å². The largest absolute Gasteiger partial charge is 0.495 e. The predicted octanol–water partition coefficient (Wildman–Crippen LogP) is 2.44. The van der Waals surface area contributed by atoms with E-state index < -0.39 is 11.9 Å². The Bertz CT molecular complexity index is 1080. The zero-order valence-electron chi connectivity index (χ0n) is 15.9. The lowest BCUT2D eigenvalue weighted by atomic mass is 10.2. The van der Waals surface area contributed by atoms with Gasteiger partial charge in [-0.15, -0.1) is 0 Å². The molecular formula is C21H21N3O5. The van der Waals surface area contributed by atoms with E-state index in [-0.39, 0.29) is 18.6 Å². The molecular weight excluding hydrogens is 374 g/mol. The van der Waals surface area contributed by atoms with Crippen molar-refractivity contribution >= 4 is 28.5 Å². The lowest BCUT2D eigenvalue weighted by Gasteiger charge is -2.10. The standard InChI is InChI=1S/C21H21N3O5/c1-28-17-10-5-4-9-16(17)23-19(25)13-29-20(26)12-6-11-18-22-15-8-3-2-7-14(15)21(27)24-18/h2-5,7-10H,6,11-13H2,1H3,(H,23,25)(H,22,24,27). The Morgan fingerprint density at radius 1 is 1.10 bits per heavy atom. The fourth-order valence-corrected chi connectivity index (χ4v) is 2.81. The Balaban J connectivity index is 1.44. The van der Waals surface area contributed by atoms with Crippen molar-refractivity contribution in [2.75, 3.05) is 19.0 Å². The van der Waals surface area contributed by atoms with Crippen LogP contribution < -0.4 is 15.6 Å².